The quantitative estimate of drug-likeness (QED) is 0.765. The van der Waals surface area contributed by atoms with Crippen LogP contribution >= 0.6 is 12.4 Å². The van der Waals surface area contributed by atoms with E-state index in [0.717, 1.165) is 0 Å². The number of hydrogen-bond acceptors (Lipinski definition) is 3. The first kappa shape index (κ1) is 21.0. The van der Waals surface area contributed by atoms with Gasteiger partial charge < -0.3 is 16.0 Å². The summed E-state index contributed by atoms with van der Waals surface area (Å²) < 4.78 is 37.0. The van der Waals surface area contributed by atoms with Gasteiger partial charge in [0.1, 0.15) is 6.54 Å². The maximum absolute atomic E-state index is 12.3. The molecule has 5 nitrogen and oxygen atoms in total. The highest BCUT2D eigenvalue weighted by Crippen LogP contribution is 2.25. The molecule has 1 rings (SSSR count). The van der Waals surface area contributed by atoms with Gasteiger partial charge in [-0.15, -0.1) is 12.4 Å². The van der Waals surface area contributed by atoms with Crippen LogP contribution in [0, 0.1) is 5.92 Å². The summed E-state index contributed by atoms with van der Waals surface area (Å²) in [6, 6.07) is 0. The summed E-state index contributed by atoms with van der Waals surface area (Å²) in [5.41, 5.74) is 5.11. The smallest absolute Gasteiger partial charge is 0.349 e. The maximum Gasteiger partial charge on any atom is 0.406 e. The highest BCUT2D eigenvalue weighted by atomic mass is 35.5. The Labute approximate surface area is 134 Å². The lowest BCUT2D eigenvalue weighted by molar-refractivity contribution is -0.157. The Hall–Kier alpha value is -1.02. The van der Waals surface area contributed by atoms with Crippen LogP contribution < -0.4 is 11.1 Å². The molecule has 9 heteroatoms. The van der Waals surface area contributed by atoms with Crippen LogP contribution in [0.25, 0.3) is 0 Å². The van der Waals surface area contributed by atoms with Crippen molar-refractivity contribution in [1.82, 2.24) is 10.2 Å². The molecule has 0 saturated carbocycles. The first-order valence-corrected chi connectivity index (χ1v) is 7.03. The molecule has 1 aliphatic heterocycles. The number of nitrogens with zero attached hydrogens (tertiary/aromatic N) is 1. The zero-order valence-corrected chi connectivity index (χ0v) is 13.5. The molecule has 0 spiro atoms. The van der Waals surface area contributed by atoms with E-state index < -0.39 is 36.0 Å². The van der Waals surface area contributed by atoms with Crippen LogP contribution in [0.2, 0.25) is 0 Å². The number of carbonyl (C=O) groups is 2. The van der Waals surface area contributed by atoms with Crippen LogP contribution in [0.3, 0.4) is 0 Å². The molecule has 1 saturated heterocycles. The zero-order chi connectivity index (χ0) is 16.3. The van der Waals surface area contributed by atoms with Gasteiger partial charge in [-0.2, -0.15) is 13.2 Å². The summed E-state index contributed by atoms with van der Waals surface area (Å²) in [6.45, 7) is 2.51. The number of rotatable bonds is 6. The molecule has 1 aliphatic rings. The number of alkyl halides is 3. The summed E-state index contributed by atoms with van der Waals surface area (Å²) in [4.78, 5) is 24.4. The molecule has 0 radical (unpaired) electrons. The van der Waals surface area contributed by atoms with E-state index in [-0.39, 0.29) is 31.9 Å². The van der Waals surface area contributed by atoms with Crippen molar-refractivity contribution in [3.63, 3.8) is 0 Å². The average molecular weight is 346 g/mol. The van der Waals surface area contributed by atoms with Crippen LogP contribution in [0.15, 0.2) is 0 Å². The standard InChI is InChI=1S/C13H22F3N3O2.ClH/c1-3-12(4-2,7-17)18-11(21)9-5-10(20)19(6-9)8-13(14,15)16;/h9H,3-8,17H2,1-2H3,(H,18,21);1H. The third kappa shape index (κ3) is 5.31. The minimum atomic E-state index is -4.45. The predicted molar refractivity (Wildman–Crippen MR) is 78.5 cm³/mol. The highest BCUT2D eigenvalue weighted by Gasteiger charge is 2.41. The van der Waals surface area contributed by atoms with E-state index in [4.69, 9.17) is 5.73 Å². The lowest BCUT2D eigenvalue weighted by Gasteiger charge is -2.32. The van der Waals surface area contributed by atoms with E-state index in [1.807, 2.05) is 13.8 Å². The Morgan fingerprint density at radius 2 is 1.91 bits per heavy atom. The number of carbonyl (C=O) groups excluding carboxylic acids is 2. The summed E-state index contributed by atoms with van der Waals surface area (Å²) in [6.07, 6.45) is -3.39. The van der Waals surface area contributed by atoms with Gasteiger partial charge in [0.15, 0.2) is 0 Å². The number of nitrogens with one attached hydrogen (secondary N) is 1. The van der Waals surface area contributed by atoms with Crippen molar-refractivity contribution < 1.29 is 22.8 Å². The van der Waals surface area contributed by atoms with Crippen LogP contribution in [0.4, 0.5) is 13.2 Å². The Kier molecular flexibility index (Phi) is 7.64. The minimum absolute atomic E-state index is 0. The fourth-order valence-electron chi connectivity index (χ4n) is 2.45. The fraction of sp³-hybridized carbons (Fsp3) is 0.846. The first-order chi connectivity index (χ1) is 9.66. The molecule has 0 aromatic heterocycles. The van der Waals surface area contributed by atoms with Gasteiger partial charge in [-0.1, -0.05) is 13.8 Å². The molecule has 1 heterocycles. The Morgan fingerprint density at radius 1 is 1.36 bits per heavy atom. The molecule has 0 aromatic rings. The van der Waals surface area contributed by atoms with Gasteiger partial charge in [0, 0.05) is 19.5 Å². The van der Waals surface area contributed by atoms with E-state index in [1.54, 1.807) is 0 Å². The topological polar surface area (TPSA) is 75.4 Å². The van der Waals surface area contributed by atoms with E-state index >= 15 is 0 Å². The van der Waals surface area contributed by atoms with E-state index in [9.17, 15) is 22.8 Å². The molecule has 22 heavy (non-hydrogen) atoms. The van der Waals surface area contributed by atoms with Crippen molar-refractivity contribution in [3.8, 4) is 0 Å². The second kappa shape index (κ2) is 8.01. The molecule has 130 valence electrons. The lowest BCUT2D eigenvalue weighted by atomic mass is 9.91. The third-order valence-electron chi connectivity index (χ3n) is 4.09. The van der Waals surface area contributed by atoms with Gasteiger partial charge in [-0.25, -0.2) is 0 Å². The minimum Gasteiger partial charge on any atom is -0.349 e. The second-order valence-corrected chi connectivity index (χ2v) is 5.47. The molecule has 0 aromatic carbocycles. The lowest BCUT2D eigenvalue weighted by Crippen LogP contribution is -2.54. The largest absolute Gasteiger partial charge is 0.406 e. The highest BCUT2D eigenvalue weighted by molar-refractivity contribution is 5.89. The van der Waals surface area contributed by atoms with Crippen LogP contribution in [0.5, 0.6) is 0 Å². The van der Waals surface area contributed by atoms with Crippen molar-refractivity contribution >= 4 is 24.2 Å². The average Bonchev–Trinajstić information content (AvgIpc) is 2.75. The molecule has 3 N–H and O–H groups in total. The van der Waals surface area contributed by atoms with E-state index in [2.05, 4.69) is 5.32 Å². The molecule has 0 bridgehead atoms. The predicted octanol–water partition coefficient (Wildman–Crippen LogP) is 1.45. The molecule has 1 fully saturated rings. The first-order valence-electron chi connectivity index (χ1n) is 7.03. The number of amides is 2. The van der Waals surface area contributed by atoms with Crippen molar-refractivity contribution in [1.29, 1.82) is 0 Å². The van der Waals surface area contributed by atoms with Gasteiger partial charge >= 0.3 is 6.18 Å². The van der Waals surface area contributed by atoms with Crippen LogP contribution in [-0.4, -0.2) is 48.1 Å². The number of likely N-dealkylation sites (tertiary alicyclic amines) is 1. The summed E-state index contributed by atoms with van der Waals surface area (Å²) in [5, 5.41) is 2.80. The molecular formula is C13H23ClF3N3O2. The van der Waals surface area contributed by atoms with Gasteiger partial charge in [0.25, 0.3) is 0 Å². The zero-order valence-electron chi connectivity index (χ0n) is 12.7. The third-order valence-corrected chi connectivity index (χ3v) is 4.09. The molecule has 1 unspecified atom stereocenters. The van der Waals surface area contributed by atoms with Crippen molar-refractivity contribution in [2.24, 2.45) is 11.7 Å². The van der Waals surface area contributed by atoms with Crippen molar-refractivity contribution in [3.05, 3.63) is 0 Å². The normalized spacial score (nSPS) is 19.1. The van der Waals surface area contributed by atoms with Gasteiger partial charge in [-0.05, 0) is 12.8 Å². The van der Waals surface area contributed by atoms with Gasteiger partial charge in [0.05, 0.1) is 11.5 Å². The molecule has 2 amide bonds. The van der Waals surface area contributed by atoms with Crippen molar-refractivity contribution in [2.45, 2.75) is 44.8 Å². The Bertz CT molecular complexity index is 392. The summed E-state index contributed by atoms with van der Waals surface area (Å²) >= 11 is 0. The Balaban J connectivity index is 0.00000441. The molecular weight excluding hydrogens is 323 g/mol. The molecule has 1 atom stereocenters. The number of hydrogen-bond donors (Lipinski definition) is 2. The Morgan fingerprint density at radius 3 is 2.32 bits per heavy atom. The maximum atomic E-state index is 12.3. The second-order valence-electron chi connectivity index (χ2n) is 5.47. The van der Waals surface area contributed by atoms with Crippen molar-refractivity contribution in [2.75, 3.05) is 19.6 Å². The van der Waals surface area contributed by atoms with E-state index in [1.165, 1.54) is 0 Å². The summed E-state index contributed by atoms with van der Waals surface area (Å²) in [7, 11) is 0. The van der Waals surface area contributed by atoms with Gasteiger partial charge in [0.2, 0.25) is 11.8 Å². The van der Waals surface area contributed by atoms with Crippen LogP contribution in [0.1, 0.15) is 33.1 Å². The van der Waals surface area contributed by atoms with Gasteiger partial charge in [-0.3, -0.25) is 9.59 Å². The number of halogens is 4. The summed E-state index contributed by atoms with van der Waals surface area (Å²) in [5.74, 6) is -1.79. The number of nitrogens with two attached hydrogens (primary N) is 1. The van der Waals surface area contributed by atoms with E-state index in [0.29, 0.717) is 17.7 Å². The fourth-order valence-corrected chi connectivity index (χ4v) is 2.45. The molecule has 0 aliphatic carbocycles. The monoisotopic (exact) mass is 345 g/mol. The SMILES string of the molecule is CCC(CC)(CN)NC(=O)C1CC(=O)N(CC(F)(F)F)C1.Cl. The van der Waals surface area contributed by atoms with Crippen LogP contribution in [-0.2, 0) is 9.59 Å².